The molecule has 0 radical (unpaired) electrons. The van der Waals surface area contributed by atoms with Crippen LogP contribution in [0.5, 0.6) is 0 Å². The van der Waals surface area contributed by atoms with Crippen LogP contribution < -0.4 is 5.32 Å². The average Bonchev–Trinajstić information content (AvgIpc) is 3.13. The number of methoxy groups -OCH3 is 1. The molecular weight excluding hydrogens is 280 g/mol. The number of likely N-dealkylation sites (tertiary alicyclic amines) is 1. The number of carbonyl (C=O) groups excluding carboxylic acids is 1. The first-order valence-electron chi connectivity index (χ1n) is 6.80. The zero-order chi connectivity index (χ0) is 13.3. The molecule has 2 saturated heterocycles. The summed E-state index contributed by atoms with van der Waals surface area (Å²) in [6.07, 6.45) is 4.00. The quantitative estimate of drug-likeness (QED) is 0.861. The van der Waals surface area contributed by atoms with Gasteiger partial charge in [-0.3, -0.25) is 4.90 Å². The third-order valence-electron chi connectivity index (χ3n) is 4.30. The lowest BCUT2D eigenvalue weighted by atomic mass is 9.87. The number of esters is 1. The van der Waals surface area contributed by atoms with Crippen LogP contribution in [0.1, 0.15) is 29.0 Å². The predicted octanol–water partition coefficient (Wildman–Crippen LogP) is 1.67. The van der Waals surface area contributed by atoms with Crippen LogP contribution >= 0.6 is 12.4 Å². The normalized spacial score (nSPS) is 25.9. The highest BCUT2D eigenvalue weighted by atomic mass is 35.5. The molecule has 1 atom stereocenters. The summed E-state index contributed by atoms with van der Waals surface area (Å²) in [5.41, 5.74) is 0.964. The number of nitrogens with one attached hydrogen (secondary N) is 1. The SMILES string of the molecule is COC(=O)c1coc(CN2CCC3(CCNC3)C2)c1.Cl. The maximum atomic E-state index is 11.4. The number of halogens is 1. The molecule has 0 saturated carbocycles. The Hall–Kier alpha value is -1.04. The monoisotopic (exact) mass is 300 g/mol. The van der Waals surface area contributed by atoms with Gasteiger partial charge in [0.15, 0.2) is 0 Å². The molecule has 0 bridgehead atoms. The van der Waals surface area contributed by atoms with Crippen molar-refractivity contribution in [3.63, 3.8) is 0 Å². The third kappa shape index (κ3) is 3.00. The van der Waals surface area contributed by atoms with E-state index < -0.39 is 0 Å². The van der Waals surface area contributed by atoms with Crippen molar-refractivity contribution in [1.29, 1.82) is 0 Å². The van der Waals surface area contributed by atoms with E-state index in [4.69, 9.17) is 4.42 Å². The highest BCUT2D eigenvalue weighted by Gasteiger charge is 2.40. The Morgan fingerprint density at radius 3 is 3.10 bits per heavy atom. The van der Waals surface area contributed by atoms with Crippen LogP contribution in [-0.4, -0.2) is 44.2 Å². The summed E-state index contributed by atoms with van der Waals surface area (Å²) in [5, 5.41) is 3.45. The van der Waals surface area contributed by atoms with E-state index in [-0.39, 0.29) is 18.4 Å². The molecule has 20 heavy (non-hydrogen) atoms. The van der Waals surface area contributed by atoms with Crippen molar-refractivity contribution in [3.05, 3.63) is 23.7 Å². The van der Waals surface area contributed by atoms with Crippen molar-refractivity contribution >= 4 is 18.4 Å². The summed E-state index contributed by atoms with van der Waals surface area (Å²) in [4.78, 5) is 13.8. The van der Waals surface area contributed by atoms with Gasteiger partial charge in [0.05, 0.1) is 19.2 Å². The number of nitrogens with zero attached hydrogens (tertiary/aromatic N) is 1. The number of hydrogen-bond donors (Lipinski definition) is 1. The zero-order valence-corrected chi connectivity index (χ0v) is 12.5. The van der Waals surface area contributed by atoms with Crippen molar-refractivity contribution in [1.82, 2.24) is 10.2 Å². The number of rotatable bonds is 3. The minimum Gasteiger partial charge on any atom is -0.467 e. The first-order chi connectivity index (χ1) is 9.21. The molecule has 1 aromatic rings. The smallest absolute Gasteiger partial charge is 0.341 e. The van der Waals surface area contributed by atoms with E-state index in [1.807, 2.05) is 0 Å². The minimum absolute atomic E-state index is 0. The van der Waals surface area contributed by atoms with E-state index in [9.17, 15) is 4.79 Å². The standard InChI is InChI=1S/C14H20N2O3.ClH/c1-18-13(17)11-6-12(19-8-11)7-16-5-3-14(10-16)2-4-15-9-14;/h6,8,15H,2-5,7,9-10H2,1H3;1H. The molecule has 5 nitrogen and oxygen atoms in total. The van der Waals surface area contributed by atoms with Crippen LogP contribution in [0, 0.1) is 5.41 Å². The highest BCUT2D eigenvalue weighted by molar-refractivity contribution is 5.88. The number of hydrogen-bond acceptors (Lipinski definition) is 5. The van der Waals surface area contributed by atoms with E-state index in [0.29, 0.717) is 11.0 Å². The van der Waals surface area contributed by atoms with E-state index in [1.54, 1.807) is 6.07 Å². The van der Waals surface area contributed by atoms with Gasteiger partial charge in [0.2, 0.25) is 0 Å². The molecule has 3 rings (SSSR count). The van der Waals surface area contributed by atoms with Gasteiger partial charge in [-0.15, -0.1) is 12.4 Å². The lowest BCUT2D eigenvalue weighted by Crippen LogP contribution is -2.28. The Morgan fingerprint density at radius 1 is 1.55 bits per heavy atom. The Kier molecular flexibility index (Phi) is 4.73. The van der Waals surface area contributed by atoms with Crippen molar-refractivity contribution in [2.75, 3.05) is 33.3 Å². The lowest BCUT2D eigenvalue weighted by molar-refractivity contribution is 0.0600. The van der Waals surface area contributed by atoms with Gasteiger partial charge in [0, 0.05) is 13.1 Å². The second-order valence-electron chi connectivity index (χ2n) is 5.68. The first-order valence-corrected chi connectivity index (χ1v) is 6.80. The van der Waals surface area contributed by atoms with Crippen LogP contribution in [0.3, 0.4) is 0 Å². The number of carbonyl (C=O) groups is 1. The van der Waals surface area contributed by atoms with Gasteiger partial charge in [0.25, 0.3) is 0 Å². The van der Waals surface area contributed by atoms with E-state index in [0.717, 1.165) is 38.5 Å². The summed E-state index contributed by atoms with van der Waals surface area (Å²) in [5.74, 6) is 0.497. The summed E-state index contributed by atoms with van der Waals surface area (Å²) >= 11 is 0. The molecule has 0 aromatic carbocycles. The molecular formula is C14H21ClN2O3. The van der Waals surface area contributed by atoms with Crippen LogP contribution in [0.4, 0.5) is 0 Å². The second kappa shape index (κ2) is 6.16. The van der Waals surface area contributed by atoms with Crippen LogP contribution in [0.25, 0.3) is 0 Å². The summed E-state index contributed by atoms with van der Waals surface area (Å²) in [6, 6.07) is 1.78. The van der Waals surface area contributed by atoms with E-state index >= 15 is 0 Å². The summed E-state index contributed by atoms with van der Waals surface area (Å²) in [6.45, 7) is 5.28. The maximum Gasteiger partial charge on any atom is 0.341 e. The van der Waals surface area contributed by atoms with Crippen LogP contribution in [0.15, 0.2) is 16.7 Å². The van der Waals surface area contributed by atoms with Gasteiger partial charge in [-0.2, -0.15) is 0 Å². The lowest BCUT2D eigenvalue weighted by Gasteiger charge is -2.22. The molecule has 1 aromatic heterocycles. The van der Waals surface area contributed by atoms with Crippen molar-refractivity contribution < 1.29 is 13.9 Å². The molecule has 0 amide bonds. The van der Waals surface area contributed by atoms with Crippen molar-refractivity contribution in [2.24, 2.45) is 5.41 Å². The van der Waals surface area contributed by atoms with Crippen LogP contribution in [0.2, 0.25) is 0 Å². The zero-order valence-electron chi connectivity index (χ0n) is 11.7. The van der Waals surface area contributed by atoms with E-state index in [1.165, 1.54) is 26.2 Å². The first kappa shape index (κ1) is 15.4. The summed E-state index contributed by atoms with van der Waals surface area (Å²) < 4.78 is 10.1. The molecule has 1 N–H and O–H groups in total. The second-order valence-corrected chi connectivity index (χ2v) is 5.68. The summed E-state index contributed by atoms with van der Waals surface area (Å²) in [7, 11) is 1.38. The average molecular weight is 301 g/mol. The molecule has 0 aliphatic carbocycles. The molecule has 2 aliphatic heterocycles. The van der Waals surface area contributed by atoms with Crippen LogP contribution in [-0.2, 0) is 11.3 Å². The van der Waals surface area contributed by atoms with Gasteiger partial charge in [0.1, 0.15) is 12.0 Å². The number of ether oxygens (including phenoxy) is 1. The van der Waals surface area contributed by atoms with Crippen molar-refractivity contribution in [2.45, 2.75) is 19.4 Å². The molecule has 6 heteroatoms. The minimum atomic E-state index is -0.340. The Morgan fingerprint density at radius 2 is 2.40 bits per heavy atom. The fourth-order valence-corrected chi connectivity index (χ4v) is 3.22. The largest absolute Gasteiger partial charge is 0.467 e. The predicted molar refractivity (Wildman–Crippen MR) is 77.1 cm³/mol. The van der Waals surface area contributed by atoms with Gasteiger partial charge >= 0.3 is 5.97 Å². The molecule has 2 aliphatic rings. The van der Waals surface area contributed by atoms with Gasteiger partial charge in [-0.05, 0) is 37.4 Å². The highest BCUT2D eigenvalue weighted by Crippen LogP contribution is 2.36. The molecule has 1 unspecified atom stereocenters. The molecule has 112 valence electrons. The van der Waals surface area contributed by atoms with Gasteiger partial charge < -0.3 is 14.5 Å². The number of furan rings is 1. The topological polar surface area (TPSA) is 54.7 Å². The molecule has 2 fully saturated rings. The maximum absolute atomic E-state index is 11.4. The van der Waals surface area contributed by atoms with E-state index in [2.05, 4.69) is 15.0 Å². The molecule has 3 heterocycles. The third-order valence-corrected chi connectivity index (χ3v) is 4.30. The van der Waals surface area contributed by atoms with Gasteiger partial charge in [-0.1, -0.05) is 0 Å². The van der Waals surface area contributed by atoms with Gasteiger partial charge in [-0.25, -0.2) is 4.79 Å². The fraction of sp³-hybridized carbons (Fsp3) is 0.643. The molecule has 1 spiro atoms. The Labute approximate surface area is 125 Å². The fourth-order valence-electron chi connectivity index (χ4n) is 3.22. The Balaban J connectivity index is 0.00000147. The Bertz CT molecular complexity index is 469. The van der Waals surface area contributed by atoms with Crippen molar-refractivity contribution in [3.8, 4) is 0 Å².